The molecule has 0 unspecified atom stereocenters. The highest BCUT2D eigenvalue weighted by atomic mass is 79.9. The third-order valence-corrected chi connectivity index (χ3v) is 3.76. The van der Waals surface area contributed by atoms with Crippen LogP contribution in [0.4, 0.5) is 0 Å². The number of benzene rings is 1. The summed E-state index contributed by atoms with van der Waals surface area (Å²) in [4.78, 5) is 14.1. The van der Waals surface area contributed by atoms with Crippen molar-refractivity contribution in [2.75, 3.05) is 20.2 Å². The largest absolute Gasteiger partial charge is 0.375 e. The van der Waals surface area contributed by atoms with E-state index in [2.05, 4.69) is 21.2 Å². The summed E-state index contributed by atoms with van der Waals surface area (Å²) in [5, 5.41) is 3.22. The van der Waals surface area contributed by atoms with Crippen LogP contribution in [0.1, 0.15) is 12.5 Å². The summed E-state index contributed by atoms with van der Waals surface area (Å²) in [6, 6.07) is 7.75. The molecule has 2 rings (SSSR count). The van der Waals surface area contributed by atoms with Crippen molar-refractivity contribution in [3.05, 3.63) is 34.3 Å². The lowest BCUT2D eigenvalue weighted by molar-refractivity contribution is -0.138. The van der Waals surface area contributed by atoms with Gasteiger partial charge in [-0.15, -0.1) is 0 Å². The first-order valence-corrected chi connectivity index (χ1v) is 7.21. The third kappa shape index (κ3) is 3.78. The summed E-state index contributed by atoms with van der Waals surface area (Å²) in [5.41, 5.74) is 1.11. The van der Waals surface area contributed by atoms with Crippen molar-refractivity contribution in [2.24, 2.45) is 0 Å². The second-order valence-electron chi connectivity index (χ2n) is 4.83. The number of carbonyl (C=O) groups excluding carboxylic acids is 1. The van der Waals surface area contributed by atoms with E-state index in [1.54, 1.807) is 4.90 Å². The van der Waals surface area contributed by atoms with Crippen molar-refractivity contribution >= 4 is 21.8 Å². The molecule has 104 valence electrons. The monoisotopic (exact) mass is 326 g/mol. The fourth-order valence-corrected chi connectivity index (χ4v) is 2.68. The van der Waals surface area contributed by atoms with E-state index in [0.717, 1.165) is 16.6 Å². The molecule has 1 aliphatic heterocycles. The maximum Gasteiger partial charge on any atom is 0.242 e. The molecule has 0 aliphatic carbocycles. The van der Waals surface area contributed by atoms with Gasteiger partial charge in [-0.05, 0) is 24.6 Å². The lowest BCUT2D eigenvalue weighted by Crippen LogP contribution is -2.55. The van der Waals surface area contributed by atoms with E-state index >= 15 is 0 Å². The highest BCUT2D eigenvalue weighted by Gasteiger charge is 2.30. The van der Waals surface area contributed by atoms with Gasteiger partial charge < -0.3 is 15.0 Å². The number of morpholine rings is 1. The molecule has 1 heterocycles. The molecule has 1 N–H and O–H groups in total. The number of carbonyl (C=O) groups is 1. The zero-order chi connectivity index (χ0) is 13.8. The van der Waals surface area contributed by atoms with E-state index in [4.69, 9.17) is 4.74 Å². The van der Waals surface area contributed by atoms with E-state index in [0.29, 0.717) is 13.2 Å². The second-order valence-corrected chi connectivity index (χ2v) is 5.75. The summed E-state index contributed by atoms with van der Waals surface area (Å²) in [6.45, 7) is 3.93. The Bertz CT molecular complexity index is 453. The van der Waals surface area contributed by atoms with Crippen LogP contribution in [0.15, 0.2) is 28.7 Å². The molecule has 5 heteroatoms. The van der Waals surface area contributed by atoms with Crippen LogP contribution in [0.2, 0.25) is 0 Å². The van der Waals surface area contributed by atoms with E-state index in [9.17, 15) is 4.79 Å². The zero-order valence-corrected chi connectivity index (χ0v) is 12.8. The number of amides is 1. The van der Waals surface area contributed by atoms with Gasteiger partial charge in [-0.3, -0.25) is 4.79 Å². The van der Waals surface area contributed by atoms with Crippen LogP contribution >= 0.6 is 15.9 Å². The van der Waals surface area contributed by atoms with E-state index in [-0.39, 0.29) is 18.1 Å². The fraction of sp³-hybridized carbons (Fsp3) is 0.500. The minimum atomic E-state index is -0.245. The second kappa shape index (κ2) is 6.50. The van der Waals surface area contributed by atoms with Gasteiger partial charge in [-0.25, -0.2) is 0 Å². The van der Waals surface area contributed by atoms with Gasteiger partial charge in [0.25, 0.3) is 0 Å². The van der Waals surface area contributed by atoms with Crippen LogP contribution in [0.25, 0.3) is 0 Å². The summed E-state index contributed by atoms with van der Waals surface area (Å²) >= 11 is 3.44. The number of ether oxygens (including phenoxy) is 1. The Morgan fingerprint density at radius 1 is 1.58 bits per heavy atom. The molecule has 19 heavy (non-hydrogen) atoms. The molecule has 4 nitrogen and oxygen atoms in total. The maximum absolute atomic E-state index is 12.4. The molecule has 1 fully saturated rings. The Labute approximate surface area is 122 Å². The van der Waals surface area contributed by atoms with Crippen molar-refractivity contribution < 1.29 is 9.53 Å². The van der Waals surface area contributed by atoms with Crippen molar-refractivity contribution in [3.8, 4) is 0 Å². The highest BCUT2D eigenvalue weighted by molar-refractivity contribution is 9.10. The molecule has 0 spiro atoms. The van der Waals surface area contributed by atoms with Crippen LogP contribution < -0.4 is 5.32 Å². The quantitative estimate of drug-likeness (QED) is 0.920. The molecule has 1 amide bonds. The number of likely N-dealkylation sites (N-methyl/N-ethyl adjacent to an activating group) is 1. The van der Waals surface area contributed by atoms with Crippen molar-refractivity contribution in [3.63, 3.8) is 0 Å². The minimum absolute atomic E-state index is 0.0761. The molecule has 1 saturated heterocycles. The maximum atomic E-state index is 12.4. The molecule has 0 radical (unpaired) electrons. The van der Waals surface area contributed by atoms with Gasteiger partial charge in [0, 0.05) is 24.6 Å². The average Bonchev–Trinajstić information content (AvgIpc) is 2.38. The topological polar surface area (TPSA) is 41.6 Å². The summed E-state index contributed by atoms with van der Waals surface area (Å²) < 4.78 is 6.54. The van der Waals surface area contributed by atoms with Gasteiger partial charge in [0.05, 0.1) is 12.7 Å². The summed E-state index contributed by atoms with van der Waals surface area (Å²) in [5.74, 6) is 0.0761. The van der Waals surface area contributed by atoms with Crippen LogP contribution in [-0.2, 0) is 16.1 Å². The SMILES string of the molecule is C[C@H]1OCCN[C@@H]1C(=O)N(C)Cc1cccc(Br)c1. The molecule has 0 aromatic heterocycles. The molecule has 0 bridgehead atoms. The van der Waals surface area contributed by atoms with E-state index in [1.165, 1.54) is 0 Å². The van der Waals surface area contributed by atoms with Crippen LogP contribution in [0, 0.1) is 0 Å². The molecule has 1 aromatic rings. The van der Waals surface area contributed by atoms with Crippen LogP contribution in [0.5, 0.6) is 0 Å². The Morgan fingerprint density at radius 2 is 2.37 bits per heavy atom. The number of rotatable bonds is 3. The van der Waals surface area contributed by atoms with Gasteiger partial charge in [0.2, 0.25) is 5.91 Å². The number of hydrogen-bond donors (Lipinski definition) is 1. The van der Waals surface area contributed by atoms with Crippen LogP contribution in [-0.4, -0.2) is 43.2 Å². The number of halogens is 1. The van der Waals surface area contributed by atoms with Crippen molar-refractivity contribution in [1.82, 2.24) is 10.2 Å². The van der Waals surface area contributed by atoms with E-state index in [1.807, 2.05) is 38.2 Å². The average molecular weight is 327 g/mol. The number of hydrogen-bond acceptors (Lipinski definition) is 3. The Kier molecular flexibility index (Phi) is 4.96. The van der Waals surface area contributed by atoms with Gasteiger partial charge in [-0.2, -0.15) is 0 Å². The van der Waals surface area contributed by atoms with Gasteiger partial charge >= 0.3 is 0 Å². The van der Waals surface area contributed by atoms with Crippen LogP contribution in [0.3, 0.4) is 0 Å². The first kappa shape index (κ1) is 14.5. The van der Waals surface area contributed by atoms with Crippen molar-refractivity contribution in [1.29, 1.82) is 0 Å². The third-order valence-electron chi connectivity index (χ3n) is 3.27. The fourth-order valence-electron chi connectivity index (χ4n) is 2.23. The van der Waals surface area contributed by atoms with Gasteiger partial charge in [-0.1, -0.05) is 28.1 Å². The predicted octanol–water partition coefficient (Wildman–Crippen LogP) is 1.78. The van der Waals surface area contributed by atoms with Gasteiger partial charge in [0.1, 0.15) is 6.04 Å². The Hall–Kier alpha value is -0.910. The minimum Gasteiger partial charge on any atom is -0.375 e. The first-order chi connectivity index (χ1) is 9.08. The molecule has 1 aromatic carbocycles. The highest BCUT2D eigenvalue weighted by Crippen LogP contribution is 2.14. The standard InChI is InChI=1S/C14H19BrN2O2/c1-10-13(16-6-7-19-10)14(18)17(2)9-11-4-3-5-12(15)8-11/h3-5,8,10,13,16H,6-7,9H2,1-2H3/t10-,13+/m1/s1. The molecular formula is C14H19BrN2O2. The summed E-state index contributed by atoms with van der Waals surface area (Å²) in [7, 11) is 1.83. The Balaban J connectivity index is 1.99. The summed E-state index contributed by atoms with van der Waals surface area (Å²) in [6.07, 6.45) is -0.0776. The Morgan fingerprint density at radius 3 is 3.05 bits per heavy atom. The number of nitrogens with zero attached hydrogens (tertiary/aromatic N) is 1. The van der Waals surface area contributed by atoms with Crippen molar-refractivity contribution in [2.45, 2.75) is 25.6 Å². The number of nitrogens with one attached hydrogen (secondary N) is 1. The molecule has 0 saturated carbocycles. The smallest absolute Gasteiger partial charge is 0.242 e. The molecular weight excluding hydrogens is 308 g/mol. The predicted molar refractivity (Wildman–Crippen MR) is 77.8 cm³/mol. The zero-order valence-electron chi connectivity index (χ0n) is 11.2. The molecule has 1 aliphatic rings. The van der Waals surface area contributed by atoms with E-state index < -0.39 is 0 Å². The molecule has 2 atom stereocenters. The lowest BCUT2D eigenvalue weighted by Gasteiger charge is -2.32. The van der Waals surface area contributed by atoms with Gasteiger partial charge in [0.15, 0.2) is 0 Å². The lowest BCUT2D eigenvalue weighted by atomic mass is 10.1. The normalized spacial score (nSPS) is 23.1. The first-order valence-electron chi connectivity index (χ1n) is 6.42.